The van der Waals surface area contributed by atoms with Gasteiger partial charge in [-0.15, -0.1) is 0 Å². The lowest BCUT2D eigenvalue weighted by atomic mass is 10.1. The zero-order valence-corrected chi connectivity index (χ0v) is 11.4. The van der Waals surface area contributed by atoms with E-state index >= 15 is 0 Å². The number of benzene rings is 1. The summed E-state index contributed by atoms with van der Waals surface area (Å²) < 4.78 is 5.21. The number of aromatic nitrogens is 1. The topological polar surface area (TPSA) is 55.1 Å². The minimum absolute atomic E-state index is 0.0379. The SMILES string of the molecule is O=C(Cc1noc2ccccc12)NC1CCSCC1. The van der Waals surface area contributed by atoms with Crippen LogP contribution in [0.25, 0.3) is 11.0 Å². The van der Waals surface area contributed by atoms with Crippen molar-refractivity contribution in [3.63, 3.8) is 0 Å². The maximum absolute atomic E-state index is 12.0. The van der Waals surface area contributed by atoms with Gasteiger partial charge in [0.25, 0.3) is 0 Å². The van der Waals surface area contributed by atoms with Crippen LogP contribution in [0.3, 0.4) is 0 Å². The lowest BCUT2D eigenvalue weighted by Crippen LogP contribution is -2.38. The number of hydrogen-bond acceptors (Lipinski definition) is 4. The quantitative estimate of drug-likeness (QED) is 0.935. The third kappa shape index (κ3) is 2.92. The van der Waals surface area contributed by atoms with Gasteiger partial charge in [-0.2, -0.15) is 11.8 Å². The average Bonchev–Trinajstić information content (AvgIpc) is 2.83. The molecule has 0 unspecified atom stereocenters. The summed E-state index contributed by atoms with van der Waals surface area (Å²) in [5.41, 5.74) is 1.46. The van der Waals surface area contributed by atoms with Gasteiger partial charge in [0.15, 0.2) is 5.58 Å². The Morgan fingerprint density at radius 3 is 3.00 bits per heavy atom. The van der Waals surface area contributed by atoms with Gasteiger partial charge in [-0.1, -0.05) is 17.3 Å². The molecule has 19 heavy (non-hydrogen) atoms. The fraction of sp³-hybridized carbons (Fsp3) is 0.429. The molecule has 1 aliphatic heterocycles. The molecule has 0 spiro atoms. The number of rotatable bonds is 3. The number of carbonyl (C=O) groups excluding carboxylic acids is 1. The summed E-state index contributed by atoms with van der Waals surface area (Å²) in [6.45, 7) is 0. The number of fused-ring (bicyclic) bond motifs is 1. The van der Waals surface area contributed by atoms with Crippen LogP contribution in [0, 0.1) is 0 Å². The Morgan fingerprint density at radius 2 is 2.16 bits per heavy atom. The van der Waals surface area contributed by atoms with Crippen LogP contribution < -0.4 is 5.32 Å². The Labute approximate surface area is 115 Å². The van der Waals surface area contributed by atoms with Gasteiger partial charge in [-0.05, 0) is 36.5 Å². The van der Waals surface area contributed by atoms with Crippen molar-refractivity contribution < 1.29 is 9.32 Å². The molecular weight excluding hydrogens is 260 g/mol. The molecule has 0 atom stereocenters. The molecule has 1 aromatic carbocycles. The Hall–Kier alpha value is -1.49. The van der Waals surface area contributed by atoms with Crippen molar-refractivity contribution in [1.29, 1.82) is 0 Å². The van der Waals surface area contributed by atoms with Gasteiger partial charge < -0.3 is 9.84 Å². The minimum Gasteiger partial charge on any atom is -0.356 e. The van der Waals surface area contributed by atoms with Crippen LogP contribution in [-0.4, -0.2) is 28.6 Å². The Kier molecular flexibility index (Phi) is 3.73. The van der Waals surface area contributed by atoms with Crippen LogP contribution in [0.2, 0.25) is 0 Å². The van der Waals surface area contributed by atoms with Crippen LogP contribution in [0.15, 0.2) is 28.8 Å². The van der Waals surface area contributed by atoms with Gasteiger partial charge in [-0.25, -0.2) is 0 Å². The first-order valence-corrected chi connectivity index (χ1v) is 7.69. The second kappa shape index (κ2) is 5.65. The predicted molar refractivity (Wildman–Crippen MR) is 76.2 cm³/mol. The number of hydrogen-bond donors (Lipinski definition) is 1. The van der Waals surface area contributed by atoms with Crippen molar-refractivity contribution in [2.75, 3.05) is 11.5 Å². The van der Waals surface area contributed by atoms with Gasteiger partial charge >= 0.3 is 0 Å². The molecular formula is C14H16N2O2S. The van der Waals surface area contributed by atoms with Crippen molar-refractivity contribution >= 4 is 28.6 Å². The van der Waals surface area contributed by atoms with E-state index in [1.54, 1.807) is 0 Å². The van der Waals surface area contributed by atoms with Gasteiger partial charge in [0.2, 0.25) is 5.91 Å². The van der Waals surface area contributed by atoms with Crippen molar-refractivity contribution in [3.8, 4) is 0 Å². The lowest BCUT2D eigenvalue weighted by molar-refractivity contribution is -0.121. The summed E-state index contributed by atoms with van der Waals surface area (Å²) in [7, 11) is 0. The number of para-hydroxylation sites is 1. The van der Waals surface area contributed by atoms with Crippen molar-refractivity contribution in [1.82, 2.24) is 10.5 Å². The molecule has 0 aliphatic carbocycles. The fourth-order valence-corrected chi connectivity index (χ4v) is 3.44. The fourth-order valence-electron chi connectivity index (χ4n) is 2.34. The summed E-state index contributed by atoms with van der Waals surface area (Å²) in [5.74, 6) is 2.31. The van der Waals surface area contributed by atoms with Gasteiger partial charge in [0.1, 0.15) is 5.69 Å². The van der Waals surface area contributed by atoms with E-state index in [-0.39, 0.29) is 5.91 Å². The molecule has 1 aliphatic rings. The Morgan fingerprint density at radius 1 is 1.37 bits per heavy atom. The normalized spacial score (nSPS) is 16.6. The molecule has 2 heterocycles. The average molecular weight is 276 g/mol. The Bertz CT molecular complexity index is 576. The van der Waals surface area contributed by atoms with Crippen LogP contribution in [0.5, 0.6) is 0 Å². The highest BCUT2D eigenvalue weighted by atomic mass is 32.2. The summed E-state index contributed by atoms with van der Waals surface area (Å²) in [6, 6.07) is 7.95. The highest BCUT2D eigenvalue weighted by molar-refractivity contribution is 7.99. The second-order valence-electron chi connectivity index (χ2n) is 4.76. The molecule has 2 aromatic rings. The van der Waals surface area contributed by atoms with Crippen molar-refractivity contribution in [2.24, 2.45) is 0 Å². The van der Waals surface area contributed by atoms with E-state index in [4.69, 9.17) is 4.52 Å². The number of amides is 1. The first kappa shape index (κ1) is 12.5. The standard InChI is InChI=1S/C14H16N2O2S/c17-14(15-10-5-7-19-8-6-10)9-12-11-3-1-2-4-13(11)18-16-12/h1-4,10H,5-9H2,(H,15,17). The lowest BCUT2D eigenvalue weighted by Gasteiger charge is -2.22. The van der Waals surface area contributed by atoms with E-state index in [1.807, 2.05) is 36.0 Å². The van der Waals surface area contributed by atoms with E-state index < -0.39 is 0 Å². The smallest absolute Gasteiger partial charge is 0.226 e. The van der Waals surface area contributed by atoms with Crippen LogP contribution >= 0.6 is 11.8 Å². The van der Waals surface area contributed by atoms with Crippen LogP contribution in [0.4, 0.5) is 0 Å². The third-order valence-corrected chi connectivity index (χ3v) is 4.42. The van der Waals surface area contributed by atoms with E-state index in [9.17, 15) is 4.79 Å². The summed E-state index contributed by atoms with van der Waals surface area (Å²) in [6.07, 6.45) is 2.42. The molecule has 100 valence electrons. The number of nitrogens with one attached hydrogen (secondary N) is 1. The molecule has 0 saturated carbocycles. The van der Waals surface area contributed by atoms with Gasteiger partial charge in [-0.3, -0.25) is 4.79 Å². The second-order valence-corrected chi connectivity index (χ2v) is 5.98. The minimum atomic E-state index is 0.0379. The van der Waals surface area contributed by atoms with E-state index in [0.29, 0.717) is 12.5 Å². The van der Waals surface area contributed by atoms with Crippen molar-refractivity contribution in [2.45, 2.75) is 25.3 Å². The van der Waals surface area contributed by atoms with E-state index in [0.717, 1.165) is 41.0 Å². The van der Waals surface area contributed by atoms with Gasteiger partial charge in [0, 0.05) is 11.4 Å². The zero-order valence-electron chi connectivity index (χ0n) is 10.6. The molecule has 1 saturated heterocycles. The Balaban J connectivity index is 1.65. The third-order valence-electron chi connectivity index (χ3n) is 3.37. The largest absolute Gasteiger partial charge is 0.356 e. The molecule has 5 heteroatoms. The first-order chi connectivity index (χ1) is 9.33. The predicted octanol–water partition coefficient (Wildman–Crippen LogP) is 2.38. The van der Waals surface area contributed by atoms with E-state index in [2.05, 4.69) is 10.5 Å². The van der Waals surface area contributed by atoms with Gasteiger partial charge in [0.05, 0.1) is 6.42 Å². The molecule has 4 nitrogen and oxygen atoms in total. The molecule has 1 aromatic heterocycles. The summed E-state index contributed by atoms with van der Waals surface area (Å²) >= 11 is 1.95. The highest BCUT2D eigenvalue weighted by Crippen LogP contribution is 2.19. The maximum atomic E-state index is 12.0. The molecule has 0 radical (unpaired) electrons. The maximum Gasteiger partial charge on any atom is 0.226 e. The number of nitrogens with zero attached hydrogens (tertiary/aromatic N) is 1. The molecule has 1 fully saturated rings. The summed E-state index contributed by atoms with van der Waals surface area (Å²) in [5, 5.41) is 8.00. The molecule has 1 amide bonds. The van der Waals surface area contributed by atoms with E-state index in [1.165, 1.54) is 0 Å². The van der Waals surface area contributed by atoms with Crippen LogP contribution in [-0.2, 0) is 11.2 Å². The number of carbonyl (C=O) groups is 1. The molecule has 3 rings (SSSR count). The highest BCUT2D eigenvalue weighted by Gasteiger charge is 2.18. The molecule has 1 N–H and O–H groups in total. The monoisotopic (exact) mass is 276 g/mol. The van der Waals surface area contributed by atoms with Crippen LogP contribution in [0.1, 0.15) is 18.5 Å². The summed E-state index contributed by atoms with van der Waals surface area (Å²) in [4.78, 5) is 12.0. The van der Waals surface area contributed by atoms with Crippen molar-refractivity contribution in [3.05, 3.63) is 30.0 Å². The zero-order chi connectivity index (χ0) is 13.1. The first-order valence-electron chi connectivity index (χ1n) is 6.53. The molecule has 0 bridgehead atoms. The number of thioether (sulfide) groups is 1.